The molecule has 3 aromatic rings. The van der Waals surface area contributed by atoms with E-state index in [0.717, 1.165) is 47.3 Å². The number of rotatable bonds is 6. The van der Waals surface area contributed by atoms with Gasteiger partial charge in [0.25, 0.3) is 0 Å². The summed E-state index contributed by atoms with van der Waals surface area (Å²) < 4.78 is 6.29. The van der Waals surface area contributed by atoms with Gasteiger partial charge in [0.2, 0.25) is 0 Å². The van der Waals surface area contributed by atoms with E-state index in [2.05, 4.69) is 22.1 Å². The van der Waals surface area contributed by atoms with Gasteiger partial charge in [-0.05, 0) is 67.2 Å². The maximum atomic E-state index is 6.29. The molecule has 28 heavy (non-hydrogen) atoms. The Morgan fingerprint density at radius 3 is 2.68 bits per heavy atom. The van der Waals surface area contributed by atoms with E-state index in [0.29, 0.717) is 5.02 Å². The molecule has 1 fully saturated rings. The first-order valence-corrected chi connectivity index (χ1v) is 10.3. The molecular weight excluding hydrogens is 390 g/mol. The molecule has 1 aromatic carbocycles. The van der Waals surface area contributed by atoms with Crippen LogP contribution < -0.4 is 5.32 Å². The van der Waals surface area contributed by atoms with E-state index in [1.807, 2.05) is 60.8 Å². The molecule has 1 saturated heterocycles. The number of unbranched alkanes of at least 4 members (excludes halogenated alkanes) is 1. The molecule has 0 bridgehead atoms. The van der Waals surface area contributed by atoms with E-state index >= 15 is 0 Å². The molecule has 0 radical (unpaired) electrons. The number of aromatic nitrogens is 1. The molecule has 6 heteroatoms. The first kappa shape index (κ1) is 19.0. The van der Waals surface area contributed by atoms with Crippen LogP contribution in [0.15, 0.2) is 65.2 Å². The third kappa shape index (κ3) is 3.77. The van der Waals surface area contributed by atoms with Crippen molar-refractivity contribution >= 4 is 28.9 Å². The second-order valence-electron chi connectivity index (χ2n) is 6.88. The van der Waals surface area contributed by atoms with Crippen molar-refractivity contribution in [1.29, 1.82) is 0 Å². The second-order valence-corrected chi connectivity index (χ2v) is 7.71. The molecule has 0 amide bonds. The van der Waals surface area contributed by atoms with E-state index in [1.54, 1.807) is 0 Å². The summed E-state index contributed by atoms with van der Waals surface area (Å²) in [5.74, 6) is 1.70. The SMILES string of the molecule is CCCCN1C(=S)N[C@H](c2ccccn2)[C@H]1c1ccc(-c2ccc(Cl)cc2)o1. The molecule has 4 rings (SSSR count). The Morgan fingerprint density at radius 1 is 1.14 bits per heavy atom. The number of halogens is 1. The molecule has 2 aromatic heterocycles. The summed E-state index contributed by atoms with van der Waals surface area (Å²) in [6.45, 7) is 3.07. The van der Waals surface area contributed by atoms with E-state index < -0.39 is 0 Å². The normalized spacial score (nSPS) is 19.1. The van der Waals surface area contributed by atoms with Crippen molar-refractivity contribution in [3.05, 3.63) is 77.3 Å². The third-order valence-corrected chi connectivity index (χ3v) is 5.60. The lowest BCUT2D eigenvalue weighted by atomic mass is 10.0. The zero-order valence-electron chi connectivity index (χ0n) is 15.6. The van der Waals surface area contributed by atoms with Gasteiger partial charge in [0, 0.05) is 23.3 Å². The second kappa shape index (κ2) is 8.33. The number of nitrogens with zero attached hydrogens (tertiary/aromatic N) is 2. The highest BCUT2D eigenvalue weighted by Crippen LogP contribution is 2.40. The van der Waals surface area contributed by atoms with Crippen LogP contribution in [0.1, 0.15) is 43.3 Å². The molecule has 0 unspecified atom stereocenters. The Balaban J connectivity index is 1.70. The van der Waals surface area contributed by atoms with Crippen molar-refractivity contribution in [3.8, 4) is 11.3 Å². The van der Waals surface area contributed by atoms with Gasteiger partial charge in [-0.3, -0.25) is 4.98 Å². The summed E-state index contributed by atoms with van der Waals surface area (Å²) in [6.07, 6.45) is 3.99. The summed E-state index contributed by atoms with van der Waals surface area (Å²) in [5, 5.41) is 4.91. The van der Waals surface area contributed by atoms with Gasteiger partial charge in [-0.1, -0.05) is 31.0 Å². The maximum Gasteiger partial charge on any atom is 0.170 e. The molecule has 3 heterocycles. The van der Waals surface area contributed by atoms with Crippen LogP contribution in [0, 0.1) is 0 Å². The predicted octanol–water partition coefficient (Wildman–Crippen LogP) is 5.77. The van der Waals surface area contributed by atoms with E-state index in [4.69, 9.17) is 28.2 Å². The number of benzene rings is 1. The van der Waals surface area contributed by atoms with Gasteiger partial charge in [0.15, 0.2) is 5.11 Å². The maximum absolute atomic E-state index is 6.29. The number of nitrogens with one attached hydrogen (secondary N) is 1. The number of furan rings is 1. The minimum absolute atomic E-state index is 0.0324. The Bertz CT molecular complexity index is 942. The van der Waals surface area contributed by atoms with Gasteiger partial charge in [0.1, 0.15) is 17.6 Å². The summed E-state index contributed by atoms with van der Waals surface area (Å²) in [7, 11) is 0. The molecular formula is C22H22ClN3OS. The molecule has 1 aliphatic heterocycles. The van der Waals surface area contributed by atoms with Crippen LogP contribution in [0.5, 0.6) is 0 Å². The van der Waals surface area contributed by atoms with Crippen molar-refractivity contribution in [2.24, 2.45) is 0 Å². The summed E-state index contributed by atoms with van der Waals surface area (Å²) in [4.78, 5) is 6.78. The molecule has 0 saturated carbocycles. The minimum Gasteiger partial charge on any atom is -0.459 e. The van der Waals surface area contributed by atoms with Crippen LogP contribution >= 0.6 is 23.8 Å². The molecule has 4 nitrogen and oxygen atoms in total. The quantitative estimate of drug-likeness (QED) is 0.521. The lowest BCUT2D eigenvalue weighted by Gasteiger charge is -2.25. The number of pyridine rings is 1. The Morgan fingerprint density at radius 2 is 1.96 bits per heavy atom. The number of hydrogen-bond acceptors (Lipinski definition) is 3. The first-order chi connectivity index (χ1) is 13.7. The fraction of sp³-hybridized carbons (Fsp3) is 0.273. The van der Waals surface area contributed by atoms with Crippen LogP contribution in [0.4, 0.5) is 0 Å². The average molecular weight is 412 g/mol. The summed E-state index contributed by atoms with van der Waals surface area (Å²) in [5.41, 5.74) is 1.96. The Labute approximate surface area is 175 Å². The summed E-state index contributed by atoms with van der Waals surface area (Å²) >= 11 is 11.7. The van der Waals surface area contributed by atoms with Gasteiger partial charge in [-0.25, -0.2) is 0 Å². The fourth-order valence-corrected chi connectivity index (χ4v) is 4.02. The van der Waals surface area contributed by atoms with Crippen LogP contribution in [0.2, 0.25) is 5.02 Å². The van der Waals surface area contributed by atoms with Crippen LogP contribution in [-0.2, 0) is 0 Å². The average Bonchev–Trinajstić information content (AvgIpc) is 3.32. The van der Waals surface area contributed by atoms with Crippen molar-refractivity contribution < 1.29 is 4.42 Å². The van der Waals surface area contributed by atoms with Crippen molar-refractivity contribution in [2.45, 2.75) is 31.8 Å². The Hall–Kier alpha value is -2.37. The zero-order chi connectivity index (χ0) is 19.5. The standard InChI is InChI=1S/C22H22ClN3OS/c1-2-3-14-26-21(20(25-22(26)28)17-6-4-5-13-24-17)19-12-11-18(27-19)15-7-9-16(23)10-8-15/h4-13,20-21H,2-3,14H2,1H3,(H,25,28)/t20-,21-/m1/s1. The molecule has 2 atom stereocenters. The number of hydrogen-bond donors (Lipinski definition) is 1. The topological polar surface area (TPSA) is 41.3 Å². The predicted molar refractivity (Wildman–Crippen MR) is 116 cm³/mol. The highest BCUT2D eigenvalue weighted by Gasteiger charge is 2.41. The fourth-order valence-electron chi connectivity index (χ4n) is 3.56. The van der Waals surface area contributed by atoms with E-state index in [1.165, 1.54) is 0 Å². The van der Waals surface area contributed by atoms with Crippen molar-refractivity contribution in [3.63, 3.8) is 0 Å². The minimum atomic E-state index is -0.0465. The molecule has 0 spiro atoms. The molecule has 1 aliphatic rings. The first-order valence-electron chi connectivity index (χ1n) is 9.51. The van der Waals surface area contributed by atoms with Gasteiger partial charge < -0.3 is 14.6 Å². The van der Waals surface area contributed by atoms with Crippen LogP contribution in [-0.4, -0.2) is 21.5 Å². The van der Waals surface area contributed by atoms with E-state index in [9.17, 15) is 0 Å². The lowest BCUT2D eigenvalue weighted by Crippen LogP contribution is -2.30. The van der Waals surface area contributed by atoms with Crippen LogP contribution in [0.3, 0.4) is 0 Å². The Kier molecular flexibility index (Phi) is 5.64. The third-order valence-electron chi connectivity index (χ3n) is 5.00. The van der Waals surface area contributed by atoms with Crippen molar-refractivity contribution in [2.75, 3.05) is 6.54 Å². The van der Waals surface area contributed by atoms with E-state index in [-0.39, 0.29) is 12.1 Å². The molecule has 144 valence electrons. The highest BCUT2D eigenvalue weighted by atomic mass is 35.5. The van der Waals surface area contributed by atoms with Gasteiger partial charge >= 0.3 is 0 Å². The largest absolute Gasteiger partial charge is 0.459 e. The van der Waals surface area contributed by atoms with Gasteiger partial charge in [-0.15, -0.1) is 0 Å². The zero-order valence-corrected chi connectivity index (χ0v) is 17.2. The van der Waals surface area contributed by atoms with Crippen molar-refractivity contribution in [1.82, 2.24) is 15.2 Å². The number of thiocarbonyl (C=S) groups is 1. The smallest absolute Gasteiger partial charge is 0.170 e. The highest BCUT2D eigenvalue weighted by molar-refractivity contribution is 7.80. The molecule has 0 aliphatic carbocycles. The lowest BCUT2D eigenvalue weighted by molar-refractivity contribution is 0.271. The molecule has 1 N–H and O–H groups in total. The monoisotopic (exact) mass is 411 g/mol. The van der Waals surface area contributed by atoms with Gasteiger partial charge in [-0.2, -0.15) is 0 Å². The van der Waals surface area contributed by atoms with Gasteiger partial charge in [0.05, 0.1) is 11.7 Å². The summed E-state index contributed by atoms with van der Waals surface area (Å²) in [6, 6.07) is 17.6. The van der Waals surface area contributed by atoms with Crippen LogP contribution in [0.25, 0.3) is 11.3 Å².